The average Bonchev–Trinajstić information content (AvgIpc) is 2.32. The van der Waals surface area contributed by atoms with E-state index in [1.54, 1.807) is 0 Å². The molecule has 2 rings (SSSR count). The van der Waals surface area contributed by atoms with E-state index >= 15 is 0 Å². The van der Waals surface area contributed by atoms with Crippen LogP contribution >= 0.6 is 0 Å². The van der Waals surface area contributed by atoms with Gasteiger partial charge in [-0.2, -0.15) is 0 Å². The summed E-state index contributed by atoms with van der Waals surface area (Å²) in [5.41, 5.74) is 4.15. The highest BCUT2D eigenvalue weighted by atomic mass is 15.1. The van der Waals surface area contributed by atoms with Crippen molar-refractivity contribution in [1.29, 1.82) is 0 Å². The highest BCUT2D eigenvalue weighted by Crippen LogP contribution is 2.21. The maximum atomic E-state index is 3.74. The zero-order valence-electron chi connectivity index (χ0n) is 12.9. The number of nitrogens with one attached hydrogen (secondary N) is 1. The summed E-state index contributed by atoms with van der Waals surface area (Å²) in [5.74, 6) is 0. The summed E-state index contributed by atoms with van der Waals surface area (Å²) in [6, 6.07) is 8.20. The molecule has 2 unspecified atom stereocenters. The molecule has 0 aliphatic carbocycles. The van der Waals surface area contributed by atoms with Crippen molar-refractivity contribution in [3.05, 3.63) is 29.3 Å². The molecule has 2 atom stereocenters. The maximum absolute atomic E-state index is 3.74. The van der Waals surface area contributed by atoms with Crippen LogP contribution in [0.3, 0.4) is 0 Å². The van der Waals surface area contributed by atoms with Crippen molar-refractivity contribution in [3.63, 3.8) is 0 Å². The second kappa shape index (κ2) is 6.42. The molecule has 1 saturated heterocycles. The summed E-state index contributed by atoms with van der Waals surface area (Å²) in [4.78, 5) is 2.57. The van der Waals surface area contributed by atoms with Crippen LogP contribution in [0.5, 0.6) is 0 Å². The van der Waals surface area contributed by atoms with Gasteiger partial charge in [-0.15, -0.1) is 0 Å². The molecule has 0 saturated carbocycles. The molecule has 1 N–H and O–H groups in total. The van der Waals surface area contributed by atoms with E-state index in [4.69, 9.17) is 0 Å². The van der Waals surface area contributed by atoms with Gasteiger partial charge in [0.05, 0.1) is 0 Å². The number of rotatable bonds is 2. The Balaban J connectivity index is 2.13. The molecule has 2 nitrogen and oxygen atoms in total. The van der Waals surface area contributed by atoms with E-state index in [0.717, 1.165) is 6.54 Å². The zero-order valence-corrected chi connectivity index (χ0v) is 12.9. The lowest BCUT2D eigenvalue weighted by molar-refractivity contribution is 0.378. The summed E-state index contributed by atoms with van der Waals surface area (Å²) in [6.45, 7) is 11.3. The van der Waals surface area contributed by atoms with Crippen molar-refractivity contribution in [3.8, 4) is 0 Å². The van der Waals surface area contributed by atoms with Gasteiger partial charge in [0.2, 0.25) is 0 Å². The first-order valence-corrected chi connectivity index (χ1v) is 7.67. The molecule has 1 aromatic rings. The van der Waals surface area contributed by atoms with Crippen LogP contribution in [0.25, 0.3) is 0 Å². The molecular weight excluding hydrogens is 232 g/mol. The minimum atomic E-state index is 0.624. The average molecular weight is 260 g/mol. The molecule has 1 aliphatic heterocycles. The SMILES string of the molecule is CCC1CCN(c2cc(C)cc(C)c2)CCC(C)N1. The lowest BCUT2D eigenvalue weighted by atomic mass is 10.0. The number of anilines is 1. The third kappa shape index (κ3) is 3.97. The number of hydrogen-bond donors (Lipinski definition) is 1. The first-order valence-electron chi connectivity index (χ1n) is 7.67. The number of hydrogen-bond acceptors (Lipinski definition) is 2. The standard InChI is InChI=1S/C17H28N2/c1-5-16-7-9-19(8-6-15(4)18-16)17-11-13(2)10-14(3)12-17/h10-12,15-16,18H,5-9H2,1-4H3. The Morgan fingerprint density at radius 1 is 1.11 bits per heavy atom. The molecule has 0 amide bonds. The molecule has 0 aromatic heterocycles. The van der Waals surface area contributed by atoms with E-state index in [2.05, 4.69) is 56.1 Å². The van der Waals surface area contributed by atoms with Crippen molar-refractivity contribution in [2.24, 2.45) is 0 Å². The first-order chi connectivity index (χ1) is 9.08. The Morgan fingerprint density at radius 3 is 2.37 bits per heavy atom. The van der Waals surface area contributed by atoms with E-state index in [-0.39, 0.29) is 0 Å². The van der Waals surface area contributed by atoms with Crippen LogP contribution in [0.2, 0.25) is 0 Å². The van der Waals surface area contributed by atoms with Gasteiger partial charge in [0, 0.05) is 30.9 Å². The fraction of sp³-hybridized carbons (Fsp3) is 0.647. The second-order valence-corrected chi connectivity index (χ2v) is 6.08. The van der Waals surface area contributed by atoms with Gasteiger partial charge in [-0.3, -0.25) is 0 Å². The molecule has 2 heteroatoms. The van der Waals surface area contributed by atoms with E-state index in [9.17, 15) is 0 Å². The lowest BCUT2D eigenvalue weighted by Gasteiger charge is -2.33. The van der Waals surface area contributed by atoms with Gasteiger partial charge in [-0.25, -0.2) is 0 Å². The topological polar surface area (TPSA) is 15.3 Å². The minimum absolute atomic E-state index is 0.624. The summed E-state index contributed by atoms with van der Waals surface area (Å²) in [6.07, 6.45) is 3.70. The van der Waals surface area contributed by atoms with Crippen LogP contribution < -0.4 is 10.2 Å². The molecule has 1 fully saturated rings. The third-order valence-electron chi connectivity index (χ3n) is 4.16. The zero-order chi connectivity index (χ0) is 13.8. The van der Waals surface area contributed by atoms with Crippen molar-refractivity contribution >= 4 is 5.69 Å². The van der Waals surface area contributed by atoms with E-state index in [0.29, 0.717) is 12.1 Å². The van der Waals surface area contributed by atoms with Crippen LogP contribution in [0, 0.1) is 13.8 Å². The molecular formula is C17H28N2. The predicted octanol–water partition coefficient (Wildman–Crippen LogP) is 3.66. The molecule has 0 spiro atoms. The van der Waals surface area contributed by atoms with Crippen LogP contribution in [0.1, 0.15) is 44.2 Å². The smallest absolute Gasteiger partial charge is 0.0371 e. The Hall–Kier alpha value is -1.02. The minimum Gasteiger partial charge on any atom is -0.371 e. The van der Waals surface area contributed by atoms with E-state index in [1.165, 1.54) is 42.6 Å². The normalized spacial score (nSPS) is 24.9. The number of aryl methyl sites for hydroxylation is 2. The van der Waals surface area contributed by atoms with E-state index < -0.39 is 0 Å². The fourth-order valence-electron chi connectivity index (χ4n) is 3.06. The van der Waals surface area contributed by atoms with Crippen molar-refractivity contribution < 1.29 is 0 Å². The Kier molecular flexibility index (Phi) is 4.87. The summed E-state index contributed by atoms with van der Waals surface area (Å²) in [7, 11) is 0. The monoisotopic (exact) mass is 260 g/mol. The Bertz CT molecular complexity index is 393. The van der Waals surface area contributed by atoms with Crippen LogP contribution in [-0.2, 0) is 0 Å². The van der Waals surface area contributed by atoms with Gasteiger partial charge in [-0.05, 0) is 63.3 Å². The summed E-state index contributed by atoms with van der Waals surface area (Å²) >= 11 is 0. The van der Waals surface area contributed by atoms with E-state index in [1.807, 2.05) is 0 Å². The van der Waals surface area contributed by atoms with Crippen LogP contribution in [0.15, 0.2) is 18.2 Å². The summed E-state index contributed by atoms with van der Waals surface area (Å²) in [5, 5.41) is 3.74. The molecule has 1 aromatic carbocycles. The van der Waals surface area contributed by atoms with Crippen LogP contribution in [0.4, 0.5) is 5.69 Å². The first kappa shape index (κ1) is 14.4. The number of nitrogens with zero attached hydrogens (tertiary/aromatic N) is 1. The predicted molar refractivity (Wildman–Crippen MR) is 84.0 cm³/mol. The molecule has 1 heterocycles. The molecule has 0 radical (unpaired) electrons. The molecule has 106 valence electrons. The van der Waals surface area contributed by atoms with Crippen LogP contribution in [-0.4, -0.2) is 25.2 Å². The van der Waals surface area contributed by atoms with Gasteiger partial charge in [0.25, 0.3) is 0 Å². The maximum Gasteiger partial charge on any atom is 0.0371 e. The third-order valence-corrected chi connectivity index (χ3v) is 4.16. The molecule has 19 heavy (non-hydrogen) atoms. The highest BCUT2D eigenvalue weighted by molar-refractivity contribution is 5.51. The van der Waals surface area contributed by atoms with Crippen molar-refractivity contribution in [2.45, 2.75) is 59.0 Å². The lowest BCUT2D eigenvalue weighted by Crippen LogP contribution is -2.44. The fourth-order valence-corrected chi connectivity index (χ4v) is 3.06. The largest absolute Gasteiger partial charge is 0.371 e. The quantitative estimate of drug-likeness (QED) is 0.873. The van der Waals surface area contributed by atoms with Gasteiger partial charge in [0.1, 0.15) is 0 Å². The summed E-state index contributed by atoms with van der Waals surface area (Å²) < 4.78 is 0. The Morgan fingerprint density at radius 2 is 1.74 bits per heavy atom. The van der Waals surface area contributed by atoms with Gasteiger partial charge < -0.3 is 10.2 Å². The second-order valence-electron chi connectivity index (χ2n) is 6.08. The van der Waals surface area contributed by atoms with Gasteiger partial charge >= 0.3 is 0 Å². The van der Waals surface area contributed by atoms with Gasteiger partial charge in [-0.1, -0.05) is 13.0 Å². The Labute approximate surface area is 118 Å². The molecule has 1 aliphatic rings. The molecule has 0 bridgehead atoms. The van der Waals surface area contributed by atoms with Crippen molar-refractivity contribution in [2.75, 3.05) is 18.0 Å². The van der Waals surface area contributed by atoms with Crippen molar-refractivity contribution in [1.82, 2.24) is 5.32 Å². The highest BCUT2D eigenvalue weighted by Gasteiger charge is 2.18. The van der Waals surface area contributed by atoms with Gasteiger partial charge in [0.15, 0.2) is 0 Å². The number of benzene rings is 1.